The number of nitrogens with two attached hydrogens (primary N) is 1. The van der Waals surface area contributed by atoms with E-state index >= 15 is 0 Å². The van der Waals surface area contributed by atoms with Crippen LogP contribution in [0.4, 0.5) is 5.69 Å². The molecule has 0 saturated carbocycles. The van der Waals surface area contributed by atoms with Gasteiger partial charge in [0.1, 0.15) is 0 Å². The number of thioether (sulfide) groups is 1. The van der Waals surface area contributed by atoms with Gasteiger partial charge in [-0.3, -0.25) is 0 Å². The van der Waals surface area contributed by atoms with E-state index in [-0.39, 0.29) is 0 Å². The third-order valence-electron chi connectivity index (χ3n) is 2.32. The Kier molecular flexibility index (Phi) is 4.01. The maximum atomic E-state index is 10.0. The van der Waals surface area contributed by atoms with Gasteiger partial charge < -0.3 is 10.8 Å². The van der Waals surface area contributed by atoms with Crippen LogP contribution in [0.2, 0.25) is 0 Å². The van der Waals surface area contributed by atoms with Gasteiger partial charge in [0, 0.05) is 17.6 Å². The van der Waals surface area contributed by atoms with Gasteiger partial charge in [-0.05, 0) is 29.8 Å². The van der Waals surface area contributed by atoms with Gasteiger partial charge in [0.2, 0.25) is 0 Å². The molecule has 0 amide bonds. The molecule has 1 atom stereocenters. The smallest absolute Gasteiger partial charge is 0.0960 e. The standard InChI is InChI=1S/C13H14N2OS/c14-11-5-3-4-10(8-11)12(16)9-17-13-6-1-2-7-15-13/h1-8,12,16H,9,14H2. The van der Waals surface area contributed by atoms with Gasteiger partial charge in [0.25, 0.3) is 0 Å². The zero-order chi connectivity index (χ0) is 12.1. The molecule has 0 bridgehead atoms. The predicted octanol–water partition coefficient (Wildman–Crippen LogP) is 2.49. The number of rotatable bonds is 4. The quantitative estimate of drug-likeness (QED) is 0.643. The molecule has 2 aromatic rings. The summed E-state index contributed by atoms with van der Waals surface area (Å²) in [6, 6.07) is 13.1. The van der Waals surface area contributed by atoms with Crippen molar-refractivity contribution in [1.82, 2.24) is 4.98 Å². The maximum absolute atomic E-state index is 10.0. The van der Waals surface area contributed by atoms with E-state index in [0.717, 1.165) is 10.6 Å². The van der Waals surface area contributed by atoms with E-state index in [4.69, 9.17) is 5.73 Å². The first-order valence-electron chi connectivity index (χ1n) is 5.33. The minimum Gasteiger partial charge on any atom is -0.399 e. The van der Waals surface area contributed by atoms with E-state index in [9.17, 15) is 5.11 Å². The molecule has 2 rings (SSSR count). The van der Waals surface area contributed by atoms with Crippen LogP contribution in [0, 0.1) is 0 Å². The van der Waals surface area contributed by atoms with E-state index in [1.54, 1.807) is 12.3 Å². The third-order valence-corrected chi connectivity index (χ3v) is 3.34. The number of nitrogen functional groups attached to an aromatic ring is 1. The molecule has 0 spiro atoms. The molecule has 1 aromatic heterocycles. The molecule has 17 heavy (non-hydrogen) atoms. The van der Waals surface area contributed by atoms with Crippen LogP contribution in [0.15, 0.2) is 53.7 Å². The highest BCUT2D eigenvalue weighted by molar-refractivity contribution is 7.99. The van der Waals surface area contributed by atoms with Crippen molar-refractivity contribution in [3.8, 4) is 0 Å². The fourth-order valence-electron chi connectivity index (χ4n) is 1.46. The zero-order valence-corrected chi connectivity index (χ0v) is 10.1. The van der Waals surface area contributed by atoms with E-state index in [0.29, 0.717) is 11.4 Å². The number of aromatic nitrogens is 1. The van der Waals surface area contributed by atoms with E-state index in [1.807, 2.05) is 36.4 Å². The summed E-state index contributed by atoms with van der Waals surface area (Å²) in [4.78, 5) is 4.19. The summed E-state index contributed by atoms with van der Waals surface area (Å²) in [5.74, 6) is 0.570. The predicted molar refractivity (Wildman–Crippen MR) is 70.8 cm³/mol. The van der Waals surface area contributed by atoms with Gasteiger partial charge in [-0.2, -0.15) is 0 Å². The lowest BCUT2D eigenvalue weighted by molar-refractivity contribution is 0.204. The Morgan fingerprint density at radius 2 is 2.12 bits per heavy atom. The molecule has 0 radical (unpaired) electrons. The Morgan fingerprint density at radius 3 is 2.82 bits per heavy atom. The van der Waals surface area contributed by atoms with Crippen molar-refractivity contribution in [1.29, 1.82) is 0 Å². The average Bonchev–Trinajstić information content (AvgIpc) is 2.37. The van der Waals surface area contributed by atoms with Gasteiger partial charge in [0.15, 0.2) is 0 Å². The lowest BCUT2D eigenvalue weighted by Gasteiger charge is -2.10. The van der Waals surface area contributed by atoms with Gasteiger partial charge >= 0.3 is 0 Å². The molecular weight excluding hydrogens is 232 g/mol. The van der Waals surface area contributed by atoms with Crippen LogP contribution in [0.3, 0.4) is 0 Å². The minimum absolute atomic E-state index is 0.523. The normalized spacial score (nSPS) is 12.3. The van der Waals surface area contributed by atoms with Gasteiger partial charge in [0.05, 0.1) is 11.1 Å². The van der Waals surface area contributed by atoms with Gasteiger partial charge in [-0.15, -0.1) is 11.8 Å². The molecule has 0 aliphatic heterocycles. The highest BCUT2D eigenvalue weighted by Crippen LogP contribution is 2.23. The van der Waals surface area contributed by atoms with Gasteiger partial charge in [-0.1, -0.05) is 18.2 Å². The first kappa shape index (κ1) is 12.0. The van der Waals surface area contributed by atoms with Crippen molar-refractivity contribution in [2.45, 2.75) is 11.1 Å². The molecule has 1 unspecified atom stereocenters. The topological polar surface area (TPSA) is 59.1 Å². The molecule has 0 aliphatic rings. The molecule has 1 aromatic carbocycles. The lowest BCUT2D eigenvalue weighted by Crippen LogP contribution is -2.01. The van der Waals surface area contributed by atoms with Crippen LogP contribution in [-0.2, 0) is 0 Å². The molecule has 88 valence electrons. The average molecular weight is 246 g/mol. The van der Waals surface area contributed by atoms with E-state index < -0.39 is 6.10 Å². The number of anilines is 1. The summed E-state index contributed by atoms with van der Waals surface area (Å²) in [5, 5.41) is 10.9. The number of nitrogens with zero attached hydrogens (tertiary/aromatic N) is 1. The Balaban J connectivity index is 1.96. The zero-order valence-electron chi connectivity index (χ0n) is 9.28. The molecule has 0 fully saturated rings. The molecule has 0 aliphatic carbocycles. The Bertz CT molecular complexity index is 476. The second-order valence-electron chi connectivity index (χ2n) is 3.66. The number of benzene rings is 1. The summed E-state index contributed by atoms with van der Waals surface area (Å²) in [5.41, 5.74) is 7.19. The molecule has 3 nitrogen and oxygen atoms in total. The fraction of sp³-hybridized carbons (Fsp3) is 0.154. The Hall–Kier alpha value is -1.52. The SMILES string of the molecule is Nc1cccc(C(O)CSc2ccccn2)c1. The highest BCUT2D eigenvalue weighted by atomic mass is 32.2. The Morgan fingerprint density at radius 1 is 1.24 bits per heavy atom. The third kappa shape index (κ3) is 3.47. The van der Waals surface area contributed by atoms with Crippen molar-refractivity contribution in [3.63, 3.8) is 0 Å². The maximum Gasteiger partial charge on any atom is 0.0960 e. The largest absolute Gasteiger partial charge is 0.399 e. The van der Waals surface area contributed by atoms with Crippen molar-refractivity contribution in [3.05, 3.63) is 54.2 Å². The molecule has 0 saturated heterocycles. The second kappa shape index (κ2) is 5.70. The van der Waals surface area contributed by atoms with Crippen LogP contribution in [0.1, 0.15) is 11.7 Å². The number of aliphatic hydroxyl groups excluding tert-OH is 1. The van der Waals surface area contributed by atoms with Crippen LogP contribution in [-0.4, -0.2) is 15.8 Å². The van der Waals surface area contributed by atoms with Crippen molar-refractivity contribution in [2.24, 2.45) is 0 Å². The van der Waals surface area contributed by atoms with Gasteiger partial charge in [-0.25, -0.2) is 4.98 Å². The van der Waals surface area contributed by atoms with Crippen LogP contribution < -0.4 is 5.73 Å². The lowest BCUT2D eigenvalue weighted by atomic mass is 10.1. The summed E-state index contributed by atoms with van der Waals surface area (Å²) >= 11 is 1.53. The molecular formula is C13H14N2OS. The number of hydrogen-bond acceptors (Lipinski definition) is 4. The Labute approximate surface area is 105 Å². The van der Waals surface area contributed by atoms with E-state index in [2.05, 4.69) is 4.98 Å². The van der Waals surface area contributed by atoms with Crippen molar-refractivity contribution in [2.75, 3.05) is 11.5 Å². The van der Waals surface area contributed by atoms with E-state index in [1.165, 1.54) is 11.8 Å². The van der Waals surface area contributed by atoms with Crippen LogP contribution in [0.25, 0.3) is 0 Å². The fourth-order valence-corrected chi connectivity index (χ4v) is 2.29. The number of pyridine rings is 1. The monoisotopic (exact) mass is 246 g/mol. The molecule has 3 N–H and O–H groups in total. The minimum atomic E-state index is -0.523. The number of hydrogen-bond donors (Lipinski definition) is 2. The second-order valence-corrected chi connectivity index (χ2v) is 4.71. The van der Waals surface area contributed by atoms with Crippen molar-refractivity contribution >= 4 is 17.4 Å². The summed E-state index contributed by atoms with van der Waals surface area (Å²) < 4.78 is 0. The number of aliphatic hydroxyl groups is 1. The van der Waals surface area contributed by atoms with Crippen LogP contribution in [0.5, 0.6) is 0 Å². The van der Waals surface area contributed by atoms with Crippen LogP contribution >= 0.6 is 11.8 Å². The first-order chi connectivity index (χ1) is 8.25. The highest BCUT2D eigenvalue weighted by Gasteiger charge is 2.08. The van der Waals surface area contributed by atoms with Crippen molar-refractivity contribution < 1.29 is 5.11 Å². The first-order valence-corrected chi connectivity index (χ1v) is 6.31. The summed E-state index contributed by atoms with van der Waals surface area (Å²) in [6.07, 6.45) is 1.22. The summed E-state index contributed by atoms with van der Waals surface area (Å²) in [7, 11) is 0. The summed E-state index contributed by atoms with van der Waals surface area (Å²) in [6.45, 7) is 0. The molecule has 4 heteroatoms. The molecule has 1 heterocycles.